The molecule has 0 amide bonds. The van der Waals surface area contributed by atoms with Gasteiger partial charge in [-0.05, 0) is 48.4 Å². The SMILES string of the molecule is C/N=C(\NC)NCc1ccccc1.CC(C)NCC(O)COc1ccc(CCOCC2CC2)cc1.Cl. The van der Waals surface area contributed by atoms with E-state index in [1.165, 1.54) is 24.0 Å². The first-order valence-electron chi connectivity index (χ1n) is 12.6. The molecule has 1 saturated carbocycles. The molecule has 2 aromatic rings. The quantitative estimate of drug-likeness (QED) is 0.183. The molecule has 2 aromatic carbocycles. The highest BCUT2D eigenvalue weighted by Gasteiger charge is 2.20. The van der Waals surface area contributed by atoms with Gasteiger partial charge in [0.05, 0.1) is 6.61 Å². The molecule has 1 atom stereocenters. The molecule has 0 saturated heterocycles. The van der Waals surface area contributed by atoms with Crippen LogP contribution < -0.4 is 20.7 Å². The van der Waals surface area contributed by atoms with E-state index in [4.69, 9.17) is 9.47 Å². The zero-order valence-corrected chi connectivity index (χ0v) is 23.0. The van der Waals surface area contributed by atoms with Gasteiger partial charge in [-0.25, -0.2) is 0 Å². The molecule has 8 heteroatoms. The van der Waals surface area contributed by atoms with Gasteiger partial charge in [0.25, 0.3) is 0 Å². The number of aliphatic hydroxyl groups excluding tert-OH is 1. The number of aliphatic imine (C=N–C) groups is 1. The number of hydrogen-bond acceptors (Lipinski definition) is 5. The van der Waals surface area contributed by atoms with Crippen molar-refractivity contribution in [1.29, 1.82) is 0 Å². The smallest absolute Gasteiger partial charge is 0.190 e. The molecule has 202 valence electrons. The summed E-state index contributed by atoms with van der Waals surface area (Å²) in [6.07, 6.45) is 3.13. The van der Waals surface area contributed by atoms with Crippen molar-refractivity contribution in [2.24, 2.45) is 10.9 Å². The number of halogens is 1. The highest BCUT2D eigenvalue weighted by atomic mass is 35.5. The maximum Gasteiger partial charge on any atom is 0.190 e. The summed E-state index contributed by atoms with van der Waals surface area (Å²) < 4.78 is 11.2. The number of hydrogen-bond donors (Lipinski definition) is 4. The van der Waals surface area contributed by atoms with Gasteiger partial charge in [-0.15, -0.1) is 12.4 Å². The van der Waals surface area contributed by atoms with Crippen molar-refractivity contribution in [2.45, 2.75) is 51.8 Å². The van der Waals surface area contributed by atoms with Crippen molar-refractivity contribution in [1.82, 2.24) is 16.0 Å². The van der Waals surface area contributed by atoms with E-state index in [1.807, 2.05) is 37.4 Å². The molecule has 1 fully saturated rings. The lowest BCUT2D eigenvalue weighted by Crippen LogP contribution is -2.35. The van der Waals surface area contributed by atoms with Crippen molar-refractivity contribution in [2.75, 3.05) is 40.5 Å². The van der Waals surface area contributed by atoms with Gasteiger partial charge in [-0.2, -0.15) is 0 Å². The van der Waals surface area contributed by atoms with Gasteiger partial charge in [-0.1, -0.05) is 56.3 Å². The van der Waals surface area contributed by atoms with Crippen LogP contribution in [-0.2, 0) is 17.7 Å². The highest BCUT2D eigenvalue weighted by Crippen LogP contribution is 2.28. The summed E-state index contributed by atoms with van der Waals surface area (Å²) in [4.78, 5) is 4.02. The molecule has 0 spiro atoms. The first kappa shape index (κ1) is 31.7. The third-order valence-corrected chi connectivity index (χ3v) is 5.48. The summed E-state index contributed by atoms with van der Waals surface area (Å²) in [5.74, 6) is 2.43. The topological polar surface area (TPSA) is 87.1 Å². The van der Waals surface area contributed by atoms with E-state index in [0.717, 1.165) is 43.8 Å². The zero-order valence-electron chi connectivity index (χ0n) is 22.2. The minimum absolute atomic E-state index is 0. The van der Waals surface area contributed by atoms with Crippen LogP contribution in [0, 0.1) is 5.92 Å². The van der Waals surface area contributed by atoms with E-state index in [1.54, 1.807) is 7.05 Å². The Labute approximate surface area is 223 Å². The van der Waals surface area contributed by atoms with Gasteiger partial charge < -0.3 is 30.5 Å². The van der Waals surface area contributed by atoms with Gasteiger partial charge in [0.2, 0.25) is 0 Å². The summed E-state index contributed by atoms with van der Waals surface area (Å²) in [6, 6.07) is 18.6. The van der Waals surface area contributed by atoms with E-state index < -0.39 is 6.10 Å². The fourth-order valence-electron chi connectivity index (χ4n) is 3.16. The van der Waals surface area contributed by atoms with Crippen LogP contribution in [0.3, 0.4) is 0 Å². The lowest BCUT2D eigenvalue weighted by Gasteiger charge is -2.15. The number of ether oxygens (including phenoxy) is 2. The van der Waals surface area contributed by atoms with Crippen LogP contribution in [-0.4, -0.2) is 63.7 Å². The molecule has 0 heterocycles. The van der Waals surface area contributed by atoms with Crippen molar-refractivity contribution in [3.63, 3.8) is 0 Å². The molecule has 36 heavy (non-hydrogen) atoms. The van der Waals surface area contributed by atoms with E-state index in [0.29, 0.717) is 19.2 Å². The highest BCUT2D eigenvalue weighted by molar-refractivity contribution is 5.85. The Morgan fingerprint density at radius 1 is 1.06 bits per heavy atom. The Kier molecular flexibility index (Phi) is 16.6. The predicted octanol–water partition coefficient (Wildman–Crippen LogP) is 3.80. The average Bonchev–Trinajstić information content (AvgIpc) is 3.71. The molecule has 3 rings (SSSR count). The second kappa shape index (κ2) is 18.9. The average molecular weight is 521 g/mol. The van der Waals surface area contributed by atoms with Gasteiger partial charge in [0.15, 0.2) is 5.96 Å². The van der Waals surface area contributed by atoms with E-state index in [9.17, 15) is 5.11 Å². The molecule has 0 radical (unpaired) electrons. The molecule has 0 aromatic heterocycles. The first-order valence-corrected chi connectivity index (χ1v) is 12.6. The fraction of sp³-hybridized carbons (Fsp3) is 0.536. The third-order valence-electron chi connectivity index (χ3n) is 5.48. The van der Waals surface area contributed by atoms with Gasteiger partial charge in [-0.3, -0.25) is 4.99 Å². The maximum absolute atomic E-state index is 9.80. The second-order valence-electron chi connectivity index (χ2n) is 9.10. The normalized spacial score (nSPS) is 13.8. The first-order chi connectivity index (χ1) is 17.0. The summed E-state index contributed by atoms with van der Waals surface area (Å²) in [6.45, 7) is 7.48. The summed E-state index contributed by atoms with van der Waals surface area (Å²) >= 11 is 0. The van der Waals surface area contributed by atoms with Crippen LogP contribution >= 0.6 is 12.4 Å². The van der Waals surface area contributed by atoms with Crippen molar-refractivity contribution in [3.05, 3.63) is 65.7 Å². The molecule has 1 aliphatic rings. The minimum Gasteiger partial charge on any atom is -0.491 e. The van der Waals surface area contributed by atoms with Crippen molar-refractivity contribution in [3.8, 4) is 5.75 Å². The van der Waals surface area contributed by atoms with Gasteiger partial charge >= 0.3 is 0 Å². The summed E-state index contributed by atoms with van der Waals surface area (Å²) in [7, 11) is 3.60. The van der Waals surface area contributed by atoms with E-state index in [2.05, 4.69) is 59.1 Å². The number of rotatable bonds is 13. The summed E-state index contributed by atoms with van der Waals surface area (Å²) in [5, 5.41) is 19.1. The zero-order chi connectivity index (χ0) is 25.3. The van der Waals surface area contributed by atoms with Crippen LogP contribution in [0.15, 0.2) is 59.6 Å². The molecule has 0 bridgehead atoms. The van der Waals surface area contributed by atoms with Gasteiger partial charge in [0, 0.05) is 39.8 Å². The lowest BCUT2D eigenvalue weighted by atomic mass is 10.1. The lowest BCUT2D eigenvalue weighted by molar-refractivity contribution is 0.104. The van der Waals surface area contributed by atoms with E-state index >= 15 is 0 Å². The van der Waals surface area contributed by atoms with Gasteiger partial charge in [0.1, 0.15) is 18.5 Å². The fourth-order valence-corrected chi connectivity index (χ4v) is 3.16. The van der Waals surface area contributed by atoms with E-state index in [-0.39, 0.29) is 12.4 Å². The number of benzene rings is 2. The van der Waals surface area contributed by atoms with Crippen LogP contribution in [0.1, 0.15) is 37.8 Å². The second-order valence-corrected chi connectivity index (χ2v) is 9.10. The molecular formula is C28H45ClN4O3. The van der Waals surface area contributed by atoms with Crippen molar-refractivity contribution >= 4 is 18.4 Å². The standard InChI is InChI=1S/C18H29NO3.C10H15N3.ClH/c1-14(2)19-11-17(20)13-22-18-7-5-15(6-8-18)9-10-21-12-16-3-4-16;1-11-10(12-2)13-8-9-6-4-3-5-7-9;/h5-8,14,16-17,19-20H,3-4,9-13H2,1-2H3;3-7H,8H2,1-2H3,(H2,11,12,13);1H. The third kappa shape index (κ3) is 14.9. The molecule has 4 N–H and O–H groups in total. The Bertz CT molecular complexity index is 830. The Morgan fingerprint density at radius 2 is 1.75 bits per heavy atom. The molecule has 7 nitrogen and oxygen atoms in total. The van der Waals surface area contributed by atoms with Crippen molar-refractivity contribution < 1.29 is 14.6 Å². The largest absolute Gasteiger partial charge is 0.491 e. The predicted molar refractivity (Wildman–Crippen MR) is 151 cm³/mol. The maximum atomic E-state index is 9.80. The Balaban J connectivity index is 0.000000397. The number of guanidine groups is 1. The number of nitrogens with one attached hydrogen (secondary N) is 3. The monoisotopic (exact) mass is 520 g/mol. The minimum atomic E-state index is -0.488. The van der Waals surface area contributed by atoms with Crippen LogP contribution in [0.2, 0.25) is 0 Å². The molecular weight excluding hydrogens is 476 g/mol. The molecule has 0 aliphatic heterocycles. The Morgan fingerprint density at radius 3 is 2.33 bits per heavy atom. The number of aliphatic hydroxyl groups is 1. The van der Waals surface area contributed by atoms with Crippen LogP contribution in [0.5, 0.6) is 5.75 Å². The summed E-state index contributed by atoms with van der Waals surface area (Å²) in [5.41, 5.74) is 2.50. The molecule has 1 unspecified atom stereocenters. The number of nitrogens with zero attached hydrogens (tertiary/aromatic N) is 1. The molecule has 1 aliphatic carbocycles. The van der Waals surface area contributed by atoms with Crippen LogP contribution in [0.4, 0.5) is 0 Å². The Hall–Kier alpha value is -2.32. The van der Waals surface area contributed by atoms with Crippen LogP contribution in [0.25, 0.3) is 0 Å².